The largest absolute Gasteiger partial charge is 0.481 e. The van der Waals surface area contributed by atoms with Crippen LogP contribution in [0.2, 0.25) is 0 Å². The number of carboxylic acid groups (broad SMARTS) is 1. The number of carboxylic acids is 1. The molecule has 10 heteroatoms. The van der Waals surface area contributed by atoms with Crippen molar-refractivity contribution < 1.29 is 42.4 Å². The van der Waals surface area contributed by atoms with E-state index in [1.54, 1.807) is 0 Å². The Morgan fingerprint density at radius 3 is 1.74 bits per heavy atom. The first-order chi connectivity index (χ1) is 18.6. The summed E-state index contributed by atoms with van der Waals surface area (Å²) in [6.07, 6.45) is 18.9. The highest BCUT2D eigenvalue weighted by Crippen LogP contribution is 2.43. The van der Waals surface area contributed by atoms with Crippen molar-refractivity contribution in [3.8, 4) is 0 Å². The summed E-state index contributed by atoms with van der Waals surface area (Å²) in [6.45, 7) is 3.99. The quantitative estimate of drug-likeness (QED) is 0.0531. The van der Waals surface area contributed by atoms with Gasteiger partial charge in [-0.1, -0.05) is 90.4 Å². The van der Waals surface area contributed by atoms with Crippen molar-refractivity contribution in [3.05, 3.63) is 0 Å². The molecule has 0 saturated heterocycles. The topological polar surface area (TPSA) is 112 Å². The van der Waals surface area contributed by atoms with Gasteiger partial charge in [-0.2, -0.15) is 0 Å². The van der Waals surface area contributed by atoms with E-state index in [0.717, 1.165) is 12.8 Å². The van der Waals surface area contributed by atoms with Crippen molar-refractivity contribution in [3.63, 3.8) is 0 Å². The molecule has 0 bridgehead atoms. The molecule has 2 atom stereocenters. The summed E-state index contributed by atoms with van der Waals surface area (Å²) < 4.78 is 34.6. The van der Waals surface area contributed by atoms with E-state index in [2.05, 4.69) is 6.92 Å². The van der Waals surface area contributed by atoms with Crippen LogP contribution >= 0.6 is 7.82 Å². The molecule has 0 radical (unpaired) electrons. The maximum absolute atomic E-state index is 12.2. The molecule has 0 spiro atoms. The number of aliphatic carboxylic acids is 1. The Hall–Kier alpha value is -0.540. The summed E-state index contributed by atoms with van der Waals surface area (Å²) in [5.41, 5.74) is 0. The standard InChI is InChI=1S/C29H60NO8P/c1-5-6-7-8-9-10-11-12-13-14-15-16-17-19-23-35-26-28(36-24-20-18-21-29(31)32)27-38-39(33,34)37-25-22-30(2,3)4/h28H,5-27H2,1-4H3,(H-,31,32,33,34)/p+1/t28-/m1/s1. The number of likely N-dealkylation sites (N-methyl/N-ethyl adjacent to an activating group) is 1. The van der Waals surface area contributed by atoms with E-state index in [1.165, 1.54) is 77.0 Å². The normalized spacial score (nSPS) is 14.4. The molecule has 0 amide bonds. The fraction of sp³-hybridized carbons (Fsp3) is 0.966. The molecule has 9 nitrogen and oxygen atoms in total. The number of unbranched alkanes of at least 4 members (excludes halogenated alkanes) is 14. The summed E-state index contributed by atoms with van der Waals surface area (Å²) in [5, 5.41) is 8.77. The van der Waals surface area contributed by atoms with Crippen LogP contribution in [0, 0.1) is 0 Å². The van der Waals surface area contributed by atoms with Crippen molar-refractivity contribution in [2.24, 2.45) is 0 Å². The first-order valence-electron chi connectivity index (χ1n) is 15.4. The second-order valence-corrected chi connectivity index (χ2v) is 13.1. The Balaban J connectivity index is 4.02. The third-order valence-electron chi connectivity index (χ3n) is 6.52. The summed E-state index contributed by atoms with van der Waals surface area (Å²) >= 11 is 0. The predicted molar refractivity (Wildman–Crippen MR) is 157 cm³/mol. The highest BCUT2D eigenvalue weighted by molar-refractivity contribution is 7.47. The van der Waals surface area contributed by atoms with Crippen LogP contribution < -0.4 is 0 Å². The van der Waals surface area contributed by atoms with Gasteiger partial charge >= 0.3 is 13.8 Å². The number of nitrogens with zero attached hydrogens (tertiary/aromatic N) is 1. The minimum atomic E-state index is -4.19. The number of hydrogen-bond acceptors (Lipinski definition) is 6. The van der Waals surface area contributed by atoms with Crippen molar-refractivity contribution in [2.45, 2.75) is 122 Å². The van der Waals surface area contributed by atoms with Gasteiger partial charge in [0.1, 0.15) is 19.3 Å². The van der Waals surface area contributed by atoms with Gasteiger partial charge in [-0.3, -0.25) is 13.8 Å². The molecule has 0 aromatic rings. The molecule has 0 aromatic heterocycles. The van der Waals surface area contributed by atoms with Gasteiger partial charge in [-0.05, 0) is 19.3 Å². The number of carbonyl (C=O) groups is 1. The lowest BCUT2D eigenvalue weighted by Gasteiger charge is -2.24. The van der Waals surface area contributed by atoms with Crippen LogP contribution in [-0.2, 0) is 27.9 Å². The third kappa shape index (κ3) is 30.3. The molecule has 2 N–H and O–H groups in total. The van der Waals surface area contributed by atoms with E-state index in [1.807, 2.05) is 21.1 Å². The van der Waals surface area contributed by atoms with Gasteiger partial charge < -0.3 is 24.0 Å². The van der Waals surface area contributed by atoms with Crippen molar-refractivity contribution in [1.82, 2.24) is 0 Å². The van der Waals surface area contributed by atoms with Gasteiger partial charge in [-0.15, -0.1) is 0 Å². The Morgan fingerprint density at radius 2 is 1.23 bits per heavy atom. The van der Waals surface area contributed by atoms with E-state index in [4.69, 9.17) is 23.6 Å². The van der Waals surface area contributed by atoms with Gasteiger partial charge in [0, 0.05) is 19.6 Å². The second kappa shape index (κ2) is 25.2. The molecular weight excluding hydrogens is 521 g/mol. The highest BCUT2D eigenvalue weighted by Gasteiger charge is 2.25. The molecule has 234 valence electrons. The van der Waals surface area contributed by atoms with Crippen LogP contribution in [0.1, 0.15) is 116 Å². The number of ether oxygens (including phenoxy) is 2. The number of rotatable bonds is 30. The molecule has 0 aliphatic carbocycles. The predicted octanol–water partition coefficient (Wildman–Crippen LogP) is 6.96. The fourth-order valence-corrected chi connectivity index (χ4v) is 4.77. The number of phosphoric ester groups is 1. The van der Waals surface area contributed by atoms with E-state index >= 15 is 0 Å². The van der Waals surface area contributed by atoms with Crippen LogP contribution in [0.5, 0.6) is 0 Å². The van der Waals surface area contributed by atoms with Gasteiger partial charge in [0.15, 0.2) is 0 Å². The van der Waals surface area contributed by atoms with Crippen LogP contribution in [0.3, 0.4) is 0 Å². The fourth-order valence-electron chi connectivity index (χ4n) is 4.03. The molecule has 0 aliphatic heterocycles. The SMILES string of the molecule is CCCCCCCCCCCCCCCCOC[C@H](COP(=O)(O)OCC[N+](C)(C)C)OCCCCC(=O)O. The van der Waals surface area contributed by atoms with E-state index < -0.39 is 19.9 Å². The lowest BCUT2D eigenvalue weighted by Crippen LogP contribution is -2.37. The Labute approximate surface area is 239 Å². The van der Waals surface area contributed by atoms with Crippen molar-refractivity contribution in [2.75, 3.05) is 60.7 Å². The average Bonchev–Trinajstić information content (AvgIpc) is 2.85. The Morgan fingerprint density at radius 1 is 0.718 bits per heavy atom. The average molecular weight is 583 g/mol. The molecule has 0 aliphatic rings. The van der Waals surface area contributed by atoms with E-state index in [-0.39, 0.29) is 26.2 Å². The van der Waals surface area contributed by atoms with Crippen molar-refractivity contribution in [1.29, 1.82) is 0 Å². The molecule has 0 rings (SSSR count). The lowest BCUT2D eigenvalue weighted by molar-refractivity contribution is -0.870. The third-order valence-corrected chi connectivity index (χ3v) is 7.51. The van der Waals surface area contributed by atoms with Gasteiger partial charge in [0.25, 0.3) is 0 Å². The number of hydrogen-bond donors (Lipinski definition) is 2. The molecule has 0 heterocycles. The maximum Gasteiger partial charge on any atom is 0.472 e. The zero-order valence-corrected chi connectivity index (χ0v) is 26.5. The Bertz CT molecular complexity index is 615. The molecule has 0 saturated carbocycles. The molecular formula is C29H61NO8P+. The van der Waals surface area contributed by atoms with Crippen LogP contribution in [0.4, 0.5) is 0 Å². The Kier molecular flexibility index (Phi) is 24.8. The molecule has 1 unspecified atom stereocenters. The number of quaternary nitrogens is 1. The lowest BCUT2D eigenvalue weighted by atomic mass is 10.0. The minimum Gasteiger partial charge on any atom is -0.481 e. The summed E-state index contributed by atoms with van der Waals surface area (Å²) in [6, 6.07) is 0. The highest BCUT2D eigenvalue weighted by atomic mass is 31.2. The first kappa shape index (κ1) is 38.5. The summed E-state index contributed by atoms with van der Waals surface area (Å²) in [7, 11) is 1.72. The summed E-state index contributed by atoms with van der Waals surface area (Å²) in [5.74, 6) is -0.835. The van der Waals surface area contributed by atoms with Crippen molar-refractivity contribution >= 4 is 13.8 Å². The number of phosphoric acid groups is 1. The van der Waals surface area contributed by atoms with Gasteiger partial charge in [-0.25, -0.2) is 4.57 Å². The smallest absolute Gasteiger partial charge is 0.472 e. The van der Waals surface area contributed by atoms with Gasteiger partial charge in [0.05, 0.1) is 34.4 Å². The maximum atomic E-state index is 12.2. The van der Waals surface area contributed by atoms with E-state index in [0.29, 0.717) is 37.1 Å². The van der Waals surface area contributed by atoms with E-state index in [9.17, 15) is 14.3 Å². The second-order valence-electron chi connectivity index (χ2n) is 11.6. The molecule has 39 heavy (non-hydrogen) atoms. The zero-order valence-electron chi connectivity index (χ0n) is 25.6. The van der Waals surface area contributed by atoms with Crippen LogP contribution in [0.25, 0.3) is 0 Å². The molecule has 0 aromatic carbocycles. The molecule has 0 fully saturated rings. The summed E-state index contributed by atoms with van der Waals surface area (Å²) in [4.78, 5) is 20.7. The monoisotopic (exact) mass is 582 g/mol. The van der Waals surface area contributed by atoms with Crippen LogP contribution in [-0.4, -0.2) is 87.3 Å². The zero-order chi connectivity index (χ0) is 29.2. The first-order valence-corrected chi connectivity index (χ1v) is 16.9. The minimum absolute atomic E-state index is 0.0894. The van der Waals surface area contributed by atoms with Gasteiger partial charge in [0.2, 0.25) is 0 Å². The van der Waals surface area contributed by atoms with Crippen LogP contribution in [0.15, 0.2) is 0 Å².